The highest BCUT2D eigenvalue weighted by molar-refractivity contribution is 7.89. The number of sulfonamides is 1. The molecule has 0 aromatic heterocycles. The molecule has 0 bridgehead atoms. The smallest absolute Gasteiger partial charge is 0.251 e. The fraction of sp³-hybridized carbons (Fsp3) is 0.632. The Hall–Kier alpha value is -1.44. The Balaban J connectivity index is 2.02. The lowest BCUT2D eigenvalue weighted by Crippen LogP contribution is -3.18. The molecule has 0 aliphatic carbocycles. The maximum Gasteiger partial charge on any atom is 0.251 e. The Morgan fingerprint density at radius 2 is 1.77 bits per heavy atom. The van der Waals surface area contributed by atoms with E-state index in [0.29, 0.717) is 37.3 Å². The molecule has 1 amide bonds. The van der Waals surface area contributed by atoms with Gasteiger partial charge in [-0.3, -0.25) is 4.79 Å². The van der Waals surface area contributed by atoms with Crippen LogP contribution in [-0.2, 0) is 10.0 Å². The van der Waals surface area contributed by atoms with Crippen molar-refractivity contribution in [2.24, 2.45) is 0 Å². The molecule has 1 aliphatic rings. The molecule has 0 atom stereocenters. The number of hydrogen-bond acceptors (Lipinski definition) is 3. The normalized spacial score (nSPS) is 16.0. The van der Waals surface area contributed by atoms with Crippen LogP contribution in [0, 0.1) is 0 Å². The van der Waals surface area contributed by atoms with Gasteiger partial charge >= 0.3 is 0 Å². The standard InChI is InChI=1S/C19H31N3O3S/c1-15(2)22(16(3)4)13-10-20-19(23)17-8-7-9-18(14-17)26(24,25)21-11-5-6-12-21/h7-9,14-16H,5-6,10-13H2,1-4H3,(H,20,23)/p+1. The van der Waals surface area contributed by atoms with Gasteiger partial charge in [0, 0.05) is 18.7 Å². The van der Waals surface area contributed by atoms with Crippen LogP contribution in [0.3, 0.4) is 0 Å². The highest BCUT2D eigenvalue weighted by Gasteiger charge is 2.27. The van der Waals surface area contributed by atoms with Gasteiger partial charge in [0.05, 0.1) is 30.1 Å². The van der Waals surface area contributed by atoms with E-state index >= 15 is 0 Å². The minimum absolute atomic E-state index is 0.198. The van der Waals surface area contributed by atoms with Gasteiger partial charge in [-0.15, -0.1) is 0 Å². The quantitative estimate of drug-likeness (QED) is 0.702. The lowest BCUT2D eigenvalue weighted by Gasteiger charge is -2.27. The van der Waals surface area contributed by atoms with Crippen LogP contribution in [-0.4, -0.2) is 56.9 Å². The number of hydrogen-bond donors (Lipinski definition) is 2. The second kappa shape index (κ2) is 8.97. The summed E-state index contributed by atoms with van der Waals surface area (Å²) < 4.78 is 26.8. The number of rotatable bonds is 8. The largest absolute Gasteiger partial charge is 0.346 e. The second-order valence-corrected chi connectivity index (χ2v) is 9.47. The molecule has 1 aromatic rings. The van der Waals surface area contributed by atoms with Crippen LogP contribution in [0.5, 0.6) is 0 Å². The molecule has 2 rings (SSSR count). The minimum atomic E-state index is -3.50. The first-order valence-corrected chi connectivity index (χ1v) is 10.9. The summed E-state index contributed by atoms with van der Waals surface area (Å²) in [5, 5.41) is 2.92. The van der Waals surface area contributed by atoms with Gasteiger partial charge in [0.2, 0.25) is 10.0 Å². The second-order valence-electron chi connectivity index (χ2n) is 7.53. The molecule has 2 N–H and O–H groups in total. The highest BCUT2D eigenvalue weighted by Crippen LogP contribution is 2.21. The van der Waals surface area contributed by atoms with Crippen molar-refractivity contribution in [3.63, 3.8) is 0 Å². The molecule has 1 saturated heterocycles. The van der Waals surface area contributed by atoms with Crippen LogP contribution in [0.4, 0.5) is 0 Å². The van der Waals surface area contributed by atoms with Crippen LogP contribution in [0.1, 0.15) is 50.9 Å². The van der Waals surface area contributed by atoms with Gasteiger partial charge in [-0.25, -0.2) is 8.42 Å². The summed E-state index contributed by atoms with van der Waals surface area (Å²) in [6.45, 7) is 11.2. The molecular formula is C19H32N3O3S+. The summed E-state index contributed by atoms with van der Waals surface area (Å²) in [4.78, 5) is 14.1. The molecular weight excluding hydrogens is 350 g/mol. The summed E-state index contributed by atoms with van der Waals surface area (Å²) in [5.74, 6) is -0.227. The number of nitrogens with one attached hydrogen (secondary N) is 2. The maximum atomic E-state index is 12.7. The van der Waals surface area contributed by atoms with Gasteiger partial charge in [-0.1, -0.05) is 6.07 Å². The third-order valence-electron chi connectivity index (χ3n) is 4.98. The molecule has 1 aliphatic heterocycles. The monoisotopic (exact) mass is 382 g/mol. The van der Waals surface area contributed by atoms with Gasteiger partial charge in [0.15, 0.2) is 0 Å². The van der Waals surface area contributed by atoms with Crippen LogP contribution in [0.25, 0.3) is 0 Å². The number of quaternary nitrogens is 1. The van der Waals surface area contributed by atoms with Gasteiger partial charge < -0.3 is 10.2 Å². The van der Waals surface area contributed by atoms with Crippen molar-refractivity contribution >= 4 is 15.9 Å². The highest BCUT2D eigenvalue weighted by atomic mass is 32.2. The molecule has 0 spiro atoms. The zero-order valence-electron chi connectivity index (χ0n) is 16.3. The fourth-order valence-electron chi connectivity index (χ4n) is 3.54. The molecule has 0 saturated carbocycles. The molecule has 0 unspecified atom stereocenters. The van der Waals surface area contributed by atoms with E-state index in [-0.39, 0.29) is 10.8 Å². The molecule has 1 heterocycles. The van der Waals surface area contributed by atoms with E-state index < -0.39 is 10.0 Å². The summed E-state index contributed by atoms with van der Waals surface area (Å²) >= 11 is 0. The molecule has 26 heavy (non-hydrogen) atoms. The van der Waals surface area contributed by atoms with Crippen molar-refractivity contribution in [2.45, 2.75) is 57.5 Å². The number of carbonyl (C=O) groups excluding carboxylic acids is 1. The van der Waals surface area contributed by atoms with Crippen molar-refractivity contribution in [3.8, 4) is 0 Å². The zero-order chi connectivity index (χ0) is 19.3. The fourth-order valence-corrected chi connectivity index (χ4v) is 5.11. The molecule has 146 valence electrons. The number of carbonyl (C=O) groups is 1. The molecule has 1 aromatic carbocycles. The third kappa shape index (κ3) is 5.05. The van der Waals surface area contributed by atoms with E-state index in [2.05, 4.69) is 33.0 Å². The van der Waals surface area contributed by atoms with Crippen molar-refractivity contribution < 1.29 is 18.1 Å². The topological polar surface area (TPSA) is 70.9 Å². The van der Waals surface area contributed by atoms with Crippen molar-refractivity contribution in [3.05, 3.63) is 29.8 Å². The Bertz CT molecular complexity index is 702. The van der Waals surface area contributed by atoms with E-state index in [1.54, 1.807) is 18.2 Å². The first-order valence-electron chi connectivity index (χ1n) is 9.47. The number of benzene rings is 1. The minimum Gasteiger partial charge on any atom is -0.346 e. The summed E-state index contributed by atoms with van der Waals surface area (Å²) in [5.41, 5.74) is 0.390. The molecule has 6 nitrogen and oxygen atoms in total. The first kappa shape index (κ1) is 20.9. The van der Waals surface area contributed by atoms with Gasteiger partial charge in [0.25, 0.3) is 5.91 Å². The predicted molar refractivity (Wildman–Crippen MR) is 103 cm³/mol. The van der Waals surface area contributed by atoms with Crippen molar-refractivity contribution in [2.75, 3.05) is 26.2 Å². The van der Waals surface area contributed by atoms with Crippen LogP contribution < -0.4 is 10.2 Å². The summed E-state index contributed by atoms with van der Waals surface area (Å²) in [6.07, 6.45) is 1.79. The molecule has 1 fully saturated rings. The Labute approximate surface area is 157 Å². The van der Waals surface area contributed by atoms with Crippen molar-refractivity contribution in [1.82, 2.24) is 9.62 Å². The van der Waals surface area contributed by atoms with E-state index in [9.17, 15) is 13.2 Å². The summed E-state index contributed by atoms with van der Waals surface area (Å²) in [7, 11) is -3.50. The van der Waals surface area contributed by atoms with E-state index in [1.807, 2.05) is 0 Å². The number of nitrogens with zero attached hydrogens (tertiary/aromatic N) is 1. The average molecular weight is 383 g/mol. The van der Waals surface area contributed by atoms with Gasteiger partial charge in [-0.2, -0.15) is 4.31 Å². The maximum absolute atomic E-state index is 12.7. The van der Waals surface area contributed by atoms with Crippen LogP contribution in [0.15, 0.2) is 29.2 Å². The lowest BCUT2D eigenvalue weighted by molar-refractivity contribution is -0.941. The molecule has 0 radical (unpaired) electrons. The van der Waals surface area contributed by atoms with E-state index in [0.717, 1.165) is 19.4 Å². The van der Waals surface area contributed by atoms with E-state index in [1.165, 1.54) is 15.3 Å². The van der Waals surface area contributed by atoms with Crippen LogP contribution in [0.2, 0.25) is 0 Å². The zero-order valence-corrected chi connectivity index (χ0v) is 17.1. The lowest BCUT2D eigenvalue weighted by atomic mass is 10.2. The predicted octanol–water partition coefficient (Wildman–Crippen LogP) is 0.903. The third-order valence-corrected chi connectivity index (χ3v) is 6.88. The Morgan fingerprint density at radius 1 is 1.15 bits per heavy atom. The van der Waals surface area contributed by atoms with Gasteiger partial charge in [-0.05, 0) is 58.7 Å². The summed E-state index contributed by atoms with van der Waals surface area (Å²) in [6, 6.07) is 7.32. The first-order chi connectivity index (χ1) is 12.2. The number of amides is 1. The Kier molecular flexibility index (Phi) is 7.20. The van der Waals surface area contributed by atoms with E-state index in [4.69, 9.17) is 0 Å². The Morgan fingerprint density at radius 3 is 2.35 bits per heavy atom. The average Bonchev–Trinajstić information content (AvgIpc) is 3.13. The van der Waals surface area contributed by atoms with Gasteiger partial charge in [0.1, 0.15) is 0 Å². The molecule has 7 heteroatoms. The SMILES string of the molecule is CC(C)[NH+](CCNC(=O)c1cccc(S(=O)(=O)N2CCCC2)c1)C(C)C. The van der Waals surface area contributed by atoms with Crippen molar-refractivity contribution in [1.29, 1.82) is 0 Å². The van der Waals surface area contributed by atoms with Crippen LogP contribution >= 0.6 is 0 Å².